The van der Waals surface area contributed by atoms with Crippen molar-refractivity contribution in [3.05, 3.63) is 65.9 Å². The predicted molar refractivity (Wildman–Crippen MR) is 129 cm³/mol. The van der Waals surface area contributed by atoms with Gasteiger partial charge in [0, 0.05) is 30.2 Å². The van der Waals surface area contributed by atoms with Crippen molar-refractivity contribution in [2.75, 3.05) is 13.1 Å². The SMILES string of the molecule is CC(C)(C)OC(=O)N1CCC(/C=C\c2c[nH]c3c(C=O)cc(-c4ccccc4)cc23)CC1. The van der Waals surface area contributed by atoms with Crippen LogP contribution in [0.15, 0.2) is 54.7 Å². The summed E-state index contributed by atoms with van der Waals surface area (Å²) in [7, 11) is 0. The number of hydrogen-bond acceptors (Lipinski definition) is 3. The monoisotopic (exact) mass is 430 g/mol. The third-order valence-electron chi connectivity index (χ3n) is 5.83. The van der Waals surface area contributed by atoms with Crippen LogP contribution in [0.25, 0.3) is 28.1 Å². The number of aldehydes is 1. The Kier molecular flexibility index (Phi) is 6.17. The molecule has 0 spiro atoms. The molecule has 0 bridgehead atoms. The minimum atomic E-state index is -0.470. The number of benzene rings is 2. The number of aromatic nitrogens is 1. The third-order valence-corrected chi connectivity index (χ3v) is 5.83. The van der Waals surface area contributed by atoms with Crippen LogP contribution < -0.4 is 0 Å². The minimum absolute atomic E-state index is 0.230. The first kappa shape index (κ1) is 21.9. The Morgan fingerprint density at radius 1 is 1.06 bits per heavy atom. The molecular weight excluding hydrogens is 400 g/mol. The van der Waals surface area contributed by atoms with E-state index < -0.39 is 5.60 Å². The number of carbonyl (C=O) groups is 2. The van der Waals surface area contributed by atoms with Crippen molar-refractivity contribution in [3.8, 4) is 11.1 Å². The van der Waals surface area contributed by atoms with Gasteiger partial charge in [0.1, 0.15) is 5.60 Å². The lowest BCUT2D eigenvalue weighted by Crippen LogP contribution is -2.41. The smallest absolute Gasteiger partial charge is 0.410 e. The van der Waals surface area contributed by atoms with Gasteiger partial charge in [-0.3, -0.25) is 4.79 Å². The largest absolute Gasteiger partial charge is 0.444 e. The molecule has 5 heteroatoms. The number of aromatic amines is 1. The van der Waals surface area contributed by atoms with Crippen molar-refractivity contribution in [1.82, 2.24) is 9.88 Å². The number of ether oxygens (including phenoxy) is 1. The standard InChI is InChI=1S/C27H30N2O3/c1-27(2,3)32-26(31)29-13-11-19(12-14-29)9-10-21-17-28-25-23(18-30)15-22(16-24(21)25)20-7-5-4-6-8-20/h4-10,15-19,28H,11-14H2,1-3H3/b10-9-. The van der Waals surface area contributed by atoms with E-state index in [1.54, 1.807) is 4.90 Å². The van der Waals surface area contributed by atoms with Crippen molar-refractivity contribution >= 4 is 29.4 Å². The van der Waals surface area contributed by atoms with Crippen molar-refractivity contribution in [3.63, 3.8) is 0 Å². The number of allylic oxidation sites excluding steroid dienone is 1. The number of likely N-dealkylation sites (tertiary alicyclic amines) is 1. The Morgan fingerprint density at radius 3 is 2.44 bits per heavy atom. The van der Waals surface area contributed by atoms with Crippen molar-refractivity contribution in [2.24, 2.45) is 5.92 Å². The van der Waals surface area contributed by atoms with Gasteiger partial charge in [0.05, 0.1) is 5.52 Å². The van der Waals surface area contributed by atoms with Gasteiger partial charge in [0.15, 0.2) is 6.29 Å². The maximum absolute atomic E-state index is 12.3. The summed E-state index contributed by atoms with van der Waals surface area (Å²) in [5.41, 5.74) is 4.23. The Morgan fingerprint density at radius 2 is 1.78 bits per heavy atom. The molecule has 0 radical (unpaired) electrons. The average Bonchev–Trinajstić information content (AvgIpc) is 3.20. The van der Waals surface area contributed by atoms with Crippen LogP contribution in [-0.4, -0.2) is 41.0 Å². The third kappa shape index (κ3) is 4.93. The zero-order valence-electron chi connectivity index (χ0n) is 18.9. The number of piperidine rings is 1. The van der Waals surface area contributed by atoms with Crippen LogP contribution in [0.3, 0.4) is 0 Å². The maximum Gasteiger partial charge on any atom is 0.410 e. The Balaban J connectivity index is 1.50. The molecule has 1 fully saturated rings. The number of rotatable bonds is 4. The Bertz CT molecular complexity index is 1130. The van der Waals surface area contributed by atoms with Gasteiger partial charge in [0.25, 0.3) is 0 Å². The number of carbonyl (C=O) groups excluding carboxylic acids is 2. The van der Waals surface area contributed by atoms with E-state index in [-0.39, 0.29) is 6.09 Å². The summed E-state index contributed by atoms with van der Waals surface area (Å²) in [6.45, 7) is 7.07. The van der Waals surface area contributed by atoms with Crippen LogP contribution in [0.1, 0.15) is 49.5 Å². The first-order valence-corrected chi connectivity index (χ1v) is 11.2. The molecule has 4 rings (SSSR count). The first-order chi connectivity index (χ1) is 15.3. The molecule has 1 aliphatic rings. The topological polar surface area (TPSA) is 62.4 Å². The molecule has 1 amide bonds. The van der Waals surface area contributed by atoms with Crippen molar-refractivity contribution < 1.29 is 14.3 Å². The molecule has 0 atom stereocenters. The number of hydrogen-bond donors (Lipinski definition) is 1. The highest BCUT2D eigenvalue weighted by Crippen LogP contribution is 2.30. The summed E-state index contributed by atoms with van der Waals surface area (Å²) in [4.78, 5) is 29.0. The minimum Gasteiger partial charge on any atom is -0.444 e. The molecular formula is C27H30N2O3. The van der Waals surface area contributed by atoms with Gasteiger partial charge in [-0.2, -0.15) is 0 Å². The van der Waals surface area contributed by atoms with Gasteiger partial charge in [-0.25, -0.2) is 4.79 Å². The molecule has 1 saturated heterocycles. The maximum atomic E-state index is 12.3. The molecule has 0 aliphatic carbocycles. The lowest BCUT2D eigenvalue weighted by molar-refractivity contribution is 0.0197. The second-order valence-corrected chi connectivity index (χ2v) is 9.38. The van der Waals surface area contributed by atoms with Crippen molar-refractivity contribution in [2.45, 2.75) is 39.2 Å². The molecule has 32 heavy (non-hydrogen) atoms. The van der Waals surface area contributed by atoms with E-state index in [2.05, 4.69) is 35.3 Å². The summed E-state index contributed by atoms with van der Waals surface area (Å²) < 4.78 is 5.49. The van der Waals surface area contributed by atoms with E-state index in [0.717, 1.165) is 46.7 Å². The zero-order chi connectivity index (χ0) is 22.7. The van der Waals surface area contributed by atoms with Crippen molar-refractivity contribution in [1.29, 1.82) is 0 Å². The van der Waals surface area contributed by atoms with Gasteiger partial charge in [-0.15, -0.1) is 0 Å². The highest BCUT2D eigenvalue weighted by Gasteiger charge is 2.26. The fourth-order valence-corrected chi connectivity index (χ4v) is 4.15. The van der Waals surface area contributed by atoms with Crippen LogP contribution in [0.4, 0.5) is 4.79 Å². The quantitative estimate of drug-likeness (QED) is 0.494. The highest BCUT2D eigenvalue weighted by molar-refractivity contribution is 6.02. The molecule has 3 aromatic rings. The van der Waals surface area contributed by atoms with Crippen LogP contribution in [0.2, 0.25) is 0 Å². The molecule has 2 heterocycles. The zero-order valence-corrected chi connectivity index (χ0v) is 18.9. The van der Waals surface area contributed by atoms with Gasteiger partial charge >= 0.3 is 6.09 Å². The molecule has 166 valence electrons. The summed E-state index contributed by atoms with van der Waals surface area (Å²) in [6.07, 6.45) is 8.82. The number of nitrogens with zero attached hydrogens (tertiary/aromatic N) is 1. The van der Waals surface area contributed by atoms with E-state index in [1.165, 1.54) is 0 Å². The van der Waals surface area contributed by atoms with Crippen LogP contribution >= 0.6 is 0 Å². The van der Waals surface area contributed by atoms with Crippen LogP contribution in [0, 0.1) is 5.92 Å². The lowest BCUT2D eigenvalue weighted by atomic mass is 9.95. The summed E-state index contributed by atoms with van der Waals surface area (Å²) >= 11 is 0. The fraction of sp³-hybridized carbons (Fsp3) is 0.333. The molecule has 1 aliphatic heterocycles. The highest BCUT2D eigenvalue weighted by atomic mass is 16.6. The number of nitrogens with one attached hydrogen (secondary N) is 1. The summed E-state index contributed by atoms with van der Waals surface area (Å²) in [5, 5.41) is 1.04. The number of H-pyrrole nitrogens is 1. The van der Waals surface area contributed by atoms with E-state index in [0.29, 0.717) is 24.6 Å². The molecule has 0 saturated carbocycles. The molecule has 1 N–H and O–H groups in total. The summed E-state index contributed by atoms with van der Waals surface area (Å²) in [6, 6.07) is 14.2. The molecule has 0 unspecified atom stereocenters. The first-order valence-electron chi connectivity index (χ1n) is 11.2. The van der Waals surface area contributed by atoms with Gasteiger partial charge < -0.3 is 14.6 Å². The van der Waals surface area contributed by atoms with Gasteiger partial charge in [0.2, 0.25) is 0 Å². The van der Waals surface area contributed by atoms with Gasteiger partial charge in [-0.1, -0.05) is 42.5 Å². The molecule has 2 aromatic carbocycles. The second-order valence-electron chi connectivity index (χ2n) is 9.38. The Hall–Kier alpha value is -3.34. The number of amides is 1. The van der Waals surface area contributed by atoms with Crippen LogP contribution in [0.5, 0.6) is 0 Å². The van der Waals surface area contributed by atoms with E-state index in [4.69, 9.17) is 4.74 Å². The van der Waals surface area contributed by atoms with E-state index in [1.807, 2.05) is 51.2 Å². The van der Waals surface area contributed by atoms with E-state index >= 15 is 0 Å². The fourth-order valence-electron chi connectivity index (χ4n) is 4.15. The Labute approximate surface area is 189 Å². The predicted octanol–water partition coefficient (Wildman–Crippen LogP) is 6.31. The second kappa shape index (κ2) is 9.03. The van der Waals surface area contributed by atoms with Gasteiger partial charge in [-0.05, 0) is 68.4 Å². The molecule has 1 aromatic heterocycles. The number of fused-ring (bicyclic) bond motifs is 1. The lowest BCUT2D eigenvalue weighted by Gasteiger charge is -2.32. The molecule has 5 nitrogen and oxygen atoms in total. The normalized spacial score (nSPS) is 15.4. The average molecular weight is 431 g/mol. The summed E-state index contributed by atoms with van der Waals surface area (Å²) in [5.74, 6) is 0.404. The van der Waals surface area contributed by atoms with Crippen LogP contribution in [-0.2, 0) is 4.74 Å². The van der Waals surface area contributed by atoms with E-state index in [9.17, 15) is 9.59 Å².